The molecule has 7 nitrogen and oxygen atoms in total. The molecule has 0 fully saturated rings. The van der Waals surface area contributed by atoms with Gasteiger partial charge in [-0.1, -0.05) is 109 Å². The van der Waals surface area contributed by atoms with E-state index >= 15 is 13.2 Å². The van der Waals surface area contributed by atoms with Gasteiger partial charge < -0.3 is 9.13 Å². The van der Waals surface area contributed by atoms with Crippen LogP contribution in [0.2, 0.25) is 0 Å². The number of alkyl halides is 3. The Morgan fingerprint density at radius 1 is 0.303 bits per heavy atom. The van der Waals surface area contributed by atoms with Crippen LogP contribution in [0, 0.1) is 56.7 Å². The summed E-state index contributed by atoms with van der Waals surface area (Å²) in [6.07, 6.45) is -4.76. The van der Waals surface area contributed by atoms with E-state index in [1.54, 1.807) is 66.7 Å². The standard InChI is InChI=1S/C66H34F3N7/c67-66(68,69)49-24-29-62(75-60-25-20-40(50-15-5-1-10-44(50)35-70)30-55(60)56-31-41(21-26-61(56)75)51-16-6-2-11-45(51)36-71)59(34-49)54-19-9-14-48(39-74)65(54)76-63-27-22-42(52-17-7-3-12-46(52)37-72)32-57(63)58-33-43(23-28-64(58)76)53-18-8-4-13-47(53)38-73/h1-34H. The first-order chi connectivity index (χ1) is 37.1. The highest BCUT2D eigenvalue weighted by molar-refractivity contribution is 6.14. The van der Waals surface area contributed by atoms with Crippen molar-refractivity contribution in [2.75, 3.05) is 0 Å². The second-order valence-corrected chi connectivity index (χ2v) is 18.3. The van der Waals surface area contributed by atoms with Gasteiger partial charge in [0.15, 0.2) is 0 Å². The summed E-state index contributed by atoms with van der Waals surface area (Å²) in [5, 5.41) is 54.7. The molecule has 2 heterocycles. The van der Waals surface area contributed by atoms with E-state index < -0.39 is 11.7 Å². The number of fused-ring (bicyclic) bond motifs is 6. The fourth-order valence-electron chi connectivity index (χ4n) is 10.8. The SMILES string of the molecule is N#Cc1ccccc1-c1ccc2c(c1)c1cc(-c3ccccc3C#N)ccc1n2-c1ccc(C(F)(F)F)cc1-c1cccc(C#N)c1-n1c2ccc(-c3ccccc3C#N)cc2c2cc(-c3ccccc3C#N)ccc21. The third kappa shape index (κ3) is 7.49. The lowest BCUT2D eigenvalue weighted by Crippen LogP contribution is -2.08. The Kier molecular flexibility index (Phi) is 11.1. The van der Waals surface area contributed by atoms with E-state index in [-0.39, 0.29) is 11.1 Å². The van der Waals surface area contributed by atoms with Crippen LogP contribution in [0.5, 0.6) is 0 Å². The molecule has 2 aromatic heterocycles. The van der Waals surface area contributed by atoms with Crippen LogP contribution in [0.25, 0.3) is 111 Å². The predicted molar refractivity (Wildman–Crippen MR) is 291 cm³/mol. The average Bonchev–Trinajstić information content (AvgIpc) is 3.99. The Balaban J connectivity index is 1.17. The fourth-order valence-corrected chi connectivity index (χ4v) is 10.8. The van der Waals surface area contributed by atoms with E-state index in [2.05, 4.69) is 30.3 Å². The molecule has 0 bridgehead atoms. The van der Waals surface area contributed by atoms with E-state index in [1.165, 1.54) is 6.07 Å². The van der Waals surface area contributed by atoms with Crippen molar-refractivity contribution in [1.82, 2.24) is 9.13 Å². The molecule has 0 N–H and O–H groups in total. The Labute approximate surface area is 433 Å². The smallest absolute Gasteiger partial charge is 0.309 e. The van der Waals surface area contributed by atoms with Gasteiger partial charge in [-0.05, 0) is 142 Å². The van der Waals surface area contributed by atoms with E-state index in [4.69, 9.17) is 0 Å². The lowest BCUT2D eigenvalue weighted by atomic mass is 9.95. The molecule has 12 rings (SSSR count). The number of hydrogen-bond acceptors (Lipinski definition) is 5. The molecule has 0 saturated carbocycles. The number of nitrogens with zero attached hydrogens (tertiary/aromatic N) is 7. The molecule has 0 aliphatic rings. The quantitative estimate of drug-likeness (QED) is 0.157. The van der Waals surface area contributed by atoms with Crippen LogP contribution in [-0.2, 0) is 6.18 Å². The predicted octanol–water partition coefficient (Wildman–Crippen LogP) is 16.6. The summed E-state index contributed by atoms with van der Waals surface area (Å²) in [4.78, 5) is 0. The fraction of sp³-hybridized carbons (Fsp3) is 0.0152. The zero-order valence-electron chi connectivity index (χ0n) is 39.9. The molecule has 0 saturated heterocycles. The number of aromatic nitrogens is 2. The third-order valence-corrected chi connectivity index (χ3v) is 14.2. The molecule has 0 aliphatic heterocycles. The highest BCUT2D eigenvalue weighted by Gasteiger charge is 2.33. The maximum absolute atomic E-state index is 15.2. The van der Waals surface area contributed by atoms with Crippen molar-refractivity contribution >= 4 is 43.6 Å². The minimum Gasteiger partial charge on any atom is -0.309 e. The maximum Gasteiger partial charge on any atom is 0.416 e. The zero-order chi connectivity index (χ0) is 52.2. The molecular weight excluding hydrogens is 948 g/mol. The minimum absolute atomic E-state index is 0.188. The number of rotatable bonds is 7. The first-order valence-corrected chi connectivity index (χ1v) is 24.0. The average molecular weight is 982 g/mol. The lowest BCUT2D eigenvalue weighted by Gasteiger charge is -2.21. The van der Waals surface area contributed by atoms with Crippen LogP contribution in [0.1, 0.15) is 33.4 Å². The van der Waals surface area contributed by atoms with Crippen molar-refractivity contribution in [1.29, 1.82) is 26.3 Å². The summed E-state index contributed by atoms with van der Waals surface area (Å²) in [7, 11) is 0. The van der Waals surface area contributed by atoms with Crippen LogP contribution in [-0.4, -0.2) is 9.13 Å². The van der Waals surface area contributed by atoms with E-state index in [0.717, 1.165) is 55.9 Å². The number of halogens is 3. The van der Waals surface area contributed by atoms with Gasteiger partial charge in [-0.25, -0.2) is 0 Å². The molecule has 354 valence electrons. The zero-order valence-corrected chi connectivity index (χ0v) is 39.9. The Hall–Kier alpha value is -11.0. The van der Waals surface area contributed by atoms with Crippen molar-refractivity contribution in [2.24, 2.45) is 0 Å². The van der Waals surface area contributed by atoms with Crippen LogP contribution in [0.15, 0.2) is 206 Å². The molecule has 0 aliphatic carbocycles. The van der Waals surface area contributed by atoms with Crippen molar-refractivity contribution in [3.8, 4) is 97.4 Å². The second kappa shape index (κ2) is 18.3. The molecule has 0 amide bonds. The number of hydrogen-bond donors (Lipinski definition) is 0. The molecule has 10 aromatic carbocycles. The normalized spacial score (nSPS) is 11.3. The third-order valence-electron chi connectivity index (χ3n) is 14.2. The maximum atomic E-state index is 15.2. The van der Waals surface area contributed by atoms with Gasteiger partial charge in [-0.2, -0.15) is 39.5 Å². The summed E-state index contributed by atoms with van der Waals surface area (Å²) in [5.74, 6) is 0. The van der Waals surface area contributed by atoms with Crippen molar-refractivity contribution < 1.29 is 13.2 Å². The molecule has 10 heteroatoms. The van der Waals surface area contributed by atoms with Gasteiger partial charge in [0.2, 0.25) is 0 Å². The van der Waals surface area contributed by atoms with Gasteiger partial charge in [0, 0.05) is 32.7 Å². The topological polar surface area (TPSA) is 129 Å². The van der Waals surface area contributed by atoms with Gasteiger partial charge in [-0.15, -0.1) is 0 Å². The second-order valence-electron chi connectivity index (χ2n) is 18.3. The summed E-state index contributed by atoms with van der Waals surface area (Å²) in [6, 6.07) is 72.6. The van der Waals surface area contributed by atoms with Crippen LogP contribution in [0.3, 0.4) is 0 Å². The summed E-state index contributed by atoms with van der Waals surface area (Å²) in [5.41, 5.74) is 10.9. The highest BCUT2D eigenvalue weighted by atomic mass is 19.4. The van der Waals surface area contributed by atoms with Gasteiger partial charge in [-0.3, -0.25) is 0 Å². The summed E-state index contributed by atoms with van der Waals surface area (Å²) < 4.78 is 49.6. The molecule has 0 unspecified atom stereocenters. The van der Waals surface area contributed by atoms with Crippen molar-refractivity contribution in [3.05, 3.63) is 240 Å². The molecule has 0 radical (unpaired) electrons. The van der Waals surface area contributed by atoms with E-state index in [0.29, 0.717) is 83.5 Å². The largest absolute Gasteiger partial charge is 0.416 e. The van der Waals surface area contributed by atoms with Gasteiger partial charge in [0.25, 0.3) is 0 Å². The first kappa shape index (κ1) is 46.1. The van der Waals surface area contributed by atoms with E-state index in [1.807, 2.05) is 130 Å². The summed E-state index contributed by atoms with van der Waals surface area (Å²) >= 11 is 0. The van der Waals surface area contributed by atoms with Crippen molar-refractivity contribution in [3.63, 3.8) is 0 Å². The number of nitriles is 5. The molecule has 0 atom stereocenters. The van der Waals surface area contributed by atoms with Gasteiger partial charge in [0.1, 0.15) is 6.07 Å². The Bertz CT molecular complexity index is 4420. The Morgan fingerprint density at radius 3 is 0.987 bits per heavy atom. The summed E-state index contributed by atoms with van der Waals surface area (Å²) in [6.45, 7) is 0. The van der Waals surface area contributed by atoms with Crippen LogP contribution >= 0.6 is 0 Å². The van der Waals surface area contributed by atoms with Crippen LogP contribution < -0.4 is 0 Å². The van der Waals surface area contributed by atoms with Crippen molar-refractivity contribution in [2.45, 2.75) is 6.18 Å². The Morgan fingerprint density at radius 2 is 0.632 bits per heavy atom. The number of benzene rings is 10. The van der Waals surface area contributed by atoms with Crippen LogP contribution in [0.4, 0.5) is 13.2 Å². The molecule has 0 spiro atoms. The number of para-hydroxylation sites is 1. The monoisotopic (exact) mass is 981 g/mol. The molecular formula is C66H34F3N7. The lowest BCUT2D eigenvalue weighted by molar-refractivity contribution is -0.137. The van der Waals surface area contributed by atoms with Gasteiger partial charge in [0.05, 0.1) is 91.1 Å². The molecule has 12 aromatic rings. The first-order valence-electron chi connectivity index (χ1n) is 24.0. The van der Waals surface area contributed by atoms with E-state index in [9.17, 15) is 26.3 Å². The molecule has 76 heavy (non-hydrogen) atoms. The highest BCUT2D eigenvalue weighted by Crippen LogP contribution is 2.46. The van der Waals surface area contributed by atoms with Gasteiger partial charge >= 0.3 is 6.18 Å². The minimum atomic E-state index is -4.76.